The van der Waals surface area contributed by atoms with Gasteiger partial charge in [-0.05, 0) is 25.5 Å². The normalized spacial score (nSPS) is 16.7. The largest absolute Gasteiger partial charge is 0.495 e. The maximum Gasteiger partial charge on any atom is 0.243 e. The highest BCUT2D eigenvalue weighted by molar-refractivity contribution is 14.0. The van der Waals surface area contributed by atoms with Gasteiger partial charge in [-0.15, -0.1) is 24.0 Å². The lowest BCUT2D eigenvalue weighted by molar-refractivity contribution is -0.127. The van der Waals surface area contributed by atoms with Crippen LogP contribution in [0.3, 0.4) is 0 Å². The second kappa shape index (κ2) is 11.1. The van der Waals surface area contributed by atoms with Gasteiger partial charge in [0.05, 0.1) is 12.8 Å². The molecule has 0 aliphatic carbocycles. The first-order valence-corrected chi connectivity index (χ1v) is 8.68. The summed E-state index contributed by atoms with van der Waals surface area (Å²) in [6.07, 6.45) is 1.00. The van der Waals surface area contributed by atoms with Gasteiger partial charge in [-0.2, -0.15) is 0 Å². The number of benzene rings is 1. The Morgan fingerprint density at radius 2 is 2.12 bits per heavy atom. The summed E-state index contributed by atoms with van der Waals surface area (Å²) in [4.78, 5) is 20.0. The molecule has 1 atom stereocenters. The third-order valence-electron chi connectivity index (χ3n) is 4.17. The molecule has 1 amide bonds. The monoisotopic (exact) mass is 475 g/mol. The molecule has 0 radical (unpaired) electrons. The summed E-state index contributed by atoms with van der Waals surface area (Å²) in [5.41, 5.74) is 1.11. The van der Waals surface area contributed by atoms with Gasteiger partial charge in [-0.25, -0.2) is 4.99 Å². The molecule has 2 rings (SSSR count). The van der Waals surface area contributed by atoms with Crippen molar-refractivity contribution in [2.75, 3.05) is 52.3 Å². The highest BCUT2D eigenvalue weighted by Gasteiger charge is 2.25. The fourth-order valence-electron chi connectivity index (χ4n) is 2.79. The number of likely N-dealkylation sites (N-methyl/N-ethyl adjacent to an activating group) is 1. The number of guanidine groups is 1. The van der Waals surface area contributed by atoms with Gasteiger partial charge in [-0.3, -0.25) is 4.79 Å². The summed E-state index contributed by atoms with van der Waals surface area (Å²) in [6.45, 7) is 4.73. The molecule has 2 N–H and O–H groups in total. The van der Waals surface area contributed by atoms with Crippen LogP contribution in [0, 0.1) is 0 Å². The van der Waals surface area contributed by atoms with Gasteiger partial charge in [0.2, 0.25) is 5.91 Å². The van der Waals surface area contributed by atoms with E-state index in [0.717, 1.165) is 37.5 Å². The van der Waals surface area contributed by atoms with Crippen LogP contribution in [0.4, 0.5) is 5.69 Å². The third-order valence-corrected chi connectivity index (χ3v) is 4.17. The summed E-state index contributed by atoms with van der Waals surface area (Å²) >= 11 is 0. The van der Waals surface area contributed by atoms with E-state index < -0.39 is 0 Å². The van der Waals surface area contributed by atoms with Crippen molar-refractivity contribution < 1.29 is 9.53 Å². The van der Waals surface area contributed by atoms with Crippen molar-refractivity contribution >= 4 is 41.5 Å². The summed E-state index contributed by atoms with van der Waals surface area (Å²) in [5, 5.41) is 6.64. The van der Waals surface area contributed by atoms with Gasteiger partial charge in [0.1, 0.15) is 12.3 Å². The van der Waals surface area contributed by atoms with Crippen LogP contribution in [-0.4, -0.2) is 70.2 Å². The first-order chi connectivity index (χ1) is 12.0. The number of anilines is 1. The number of hydrogen-bond acceptors (Lipinski definition) is 4. The van der Waals surface area contributed by atoms with Gasteiger partial charge in [0.25, 0.3) is 0 Å². The molecule has 1 aromatic rings. The molecule has 0 bridgehead atoms. The standard InChI is InChI=1S/C18H29N5O2.HI/c1-5-19-18(20-12-17(24)22(2)3)21-14-10-11-23(13-14)15-8-6-7-9-16(15)25-4;/h6-9,14H,5,10-13H2,1-4H3,(H2,19,20,21);1H. The molecule has 26 heavy (non-hydrogen) atoms. The van der Waals surface area contributed by atoms with Crippen LogP contribution < -0.4 is 20.3 Å². The number of aliphatic imine (C=N–C) groups is 1. The van der Waals surface area contributed by atoms with Gasteiger partial charge in [0, 0.05) is 39.8 Å². The minimum Gasteiger partial charge on any atom is -0.495 e. The van der Waals surface area contributed by atoms with Crippen molar-refractivity contribution in [3.05, 3.63) is 24.3 Å². The summed E-state index contributed by atoms with van der Waals surface area (Å²) < 4.78 is 5.46. The predicted octanol–water partition coefficient (Wildman–Crippen LogP) is 1.54. The first-order valence-electron chi connectivity index (χ1n) is 8.68. The number of nitrogens with one attached hydrogen (secondary N) is 2. The van der Waals surface area contributed by atoms with E-state index in [1.165, 1.54) is 0 Å². The van der Waals surface area contributed by atoms with E-state index in [4.69, 9.17) is 4.74 Å². The molecule has 1 aromatic carbocycles. The Balaban J connectivity index is 0.00000338. The van der Waals surface area contributed by atoms with Gasteiger partial charge >= 0.3 is 0 Å². The predicted molar refractivity (Wildman–Crippen MR) is 117 cm³/mol. The van der Waals surface area contributed by atoms with Crippen LogP contribution in [0.25, 0.3) is 0 Å². The molecule has 1 fully saturated rings. The van der Waals surface area contributed by atoms with Crippen LogP contribution in [0.2, 0.25) is 0 Å². The maximum absolute atomic E-state index is 11.7. The van der Waals surface area contributed by atoms with E-state index >= 15 is 0 Å². The Morgan fingerprint density at radius 3 is 2.77 bits per heavy atom. The molecule has 1 aliphatic rings. The van der Waals surface area contributed by atoms with Gasteiger partial charge in [0.15, 0.2) is 5.96 Å². The zero-order valence-corrected chi connectivity index (χ0v) is 18.3. The Hall–Kier alpha value is -1.71. The summed E-state index contributed by atoms with van der Waals surface area (Å²) in [5.74, 6) is 1.56. The molecule has 0 spiro atoms. The quantitative estimate of drug-likeness (QED) is 0.371. The lowest BCUT2D eigenvalue weighted by atomic mass is 10.2. The average molecular weight is 475 g/mol. The number of nitrogens with zero attached hydrogens (tertiary/aromatic N) is 3. The van der Waals surface area contributed by atoms with Gasteiger partial charge < -0.3 is 25.2 Å². The molecular weight excluding hydrogens is 445 g/mol. The Kier molecular flexibility index (Phi) is 9.53. The van der Waals surface area contributed by atoms with Crippen molar-refractivity contribution in [2.24, 2.45) is 4.99 Å². The Bertz CT molecular complexity index is 609. The van der Waals surface area contributed by atoms with E-state index in [9.17, 15) is 4.79 Å². The molecule has 1 aliphatic heterocycles. The summed E-state index contributed by atoms with van der Waals surface area (Å²) in [7, 11) is 5.17. The zero-order valence-electron chi connectivity index (χ0n) is 16.0. The lowest BCUT2D eigenvalue weighted by Crippen LogP contribution is -2.45. The minimum absolute atomic E-state index is 0. The number of carbonyl (C=O) groups excluding carboxylic acids is 1. The molecule has 1 unspecified atom stereocenters. The maximum atomic E-state index is 11.7. The van der Waals surface area contributed by atoms with Crippen molar-refractivity contribution in [2.45, 2.75) is 19.4 Å². The molecular formula is C18H30IN5O2. The second-order valence-corrected chi connectivity index (χ2v) is 6.23. The van der Waals surface area contributed by atoms with E-state index in [1.54, 1.807) is 26.1 Å². The summed E-state index contributed by atoms with van der Waals surface area (Å²) in [6, 6.07) is 8.34. The van der Waals surface area contributed by atoms with Crippen LogP contribution >= 0.6 is 24.0 Å². The Morgan fingerprint density at radius 1 is 1.38 bits per heavy atom. The number of halogens is 1. The van der Waals surface area contributed by atoms with Crippen LogP contribution in [0.1, 0.15) is 13.3 Å². The van der Waals surface area contributed by atoms with Crippen molar-refractivity contribution in [3.8, 4) is 5.75 Å². The number of para-hydroxylation sites is 2. The van der Waals surface area contributed by atoms with E-state index in [-0.39, 0.29) is 42.5 Å². The molecule has 0 aromatic heterocycles. The highest BCUT2D eigenvalue weighted by Crippen LogP contribution is 2.30. The minimum atomic E-state index is -0.0146. The molecule has 146 valence electrons. The van der Waals surface area contributed by atoms with E-state index in [0.29, 0.717) is 5.96 Å². The average Bonchev–Trinajstić information content (AvgIpc) is 3.07. The SMILES string of the molecule is CCNC(=NCC(=O)N(C)C)NC1CCN(c2ccccc2OC)C1.I. The third kappa shape index (κ3) is 6.22. The number of amides is 1. The fourth-order valence-corrected chi connectivity index (χ4v) is 2.79. The molecule has 7 nitrogen and oxygen atoms in total. The van der Waals surface area contributed by atoms with Crippen molar-refractivity contribution in [3.63, 3.8) is 0 Å². The molecule has 0 saturated carbocycles. The lowest BCUT2D eigenvalue weighted by Gasteiger charge is -2.22. The topological polar surface area (TPSA) is 69.2 Å². The smallest absolute Gasteiger partial charge is 0.243 e. The number of methoxy groups -OCH3 is 1. The van der Waals surface area contributed by atoms with Crippen LogP contribution in [-0.2, 0) is 4.79 Å². The van der Waals surface area contributed by atoms with Gasteiger partial charge in [-0.1, -0.05) is 12.1 Å². The van der Waals surface area contributed by atoms with E-state index in [1.807, 2.05) is 25.1 Å². The van der Waals surface area contributed by atoms with Crippen molar-refractivity contribution in [1.82, 2.24) is 15.5 Å². The van der Waals surface area contributed by atoms with Crippen LogP contribution in [0.5, 0.6) is 5.75 Å². The first kappa shape index (κ1) is 22.3. The number of carbonyl (C=O) groups is 1. The molecule has 1 saturated heterocycles. The second-order valence-electron chi connectivity index (χ2n) is 6.23. The highest BCUT2D eigenvalue weighted by atomic mass is 127. The van der Waals surface area contributed by atoms with Crippen LogP contribution in [0.15, 0.2) is 29.3 Å². The number of hydrogen-bond donors (Lipinski definition) is 2. The number of rotatable bonds is 6. The number of ether oxygens (including phenoxy) is 1. The van der Waals surface area contributed by atoms with Crippen molar-refractivity contribution in [1.29, 1.82) is 0 Å². The Labute approximate surface area is 173 Å². The zero-order chi connectivity index (χ0) is 18.2. The fraction of sp³-hybridized carbons (Fsp3) is 0.556. The molecule has 8 heteroatoms. The van der Waals surface area contributed by atoms with E-state index in [2.05, 4.69) is 26.6 Å². The molecule has 1 heterocycles.